The van der Waals surface area contributed by atoms with Crippen LogP contribution in [-0.4, -0.2) is 27.1 Å². The molecular weight excluding hydrogens is 386 g/mol. The highest BCUT2D eigenvalue weighted by atomic mass is 32.2. The lowest BCUT2D eigenvalue weighted by atomic mass is 9.96. The van der Waals surface area contributed by atoms with Crippen molar-refractivity contribution in [2.24, 2.45) is 0 Å². The molecule has 1 N–H and O–H groups in total. The molecule has 2 aromatic carbocycles. The van der Waals surface area contributed by atoms with E-state index in [1.165, 1.54) is 0 Å². The standard InChI is InChI=1S/C20H24F2N2O3S/c1-12-8-14(3)17(9-13(12)2)15(4)23-20(25)11-24(28(5,26)27)16-6-7-18(21)19(22)10-16/h6-10,15H,11H2,1-5H3,(H,23,25). The van der Waals surface area contributed by atoms with Gasteiger partial charge in [-0.25, -0.2) is 17.2 Å². The quantitative estimate of drug-likeness (QED) is 0.792. The first-order valence-corrected chi connectivity index (χ1v) is 10.5. The molecule has 152 valence electrons. The number of amides is 1. The second-order valence-corrected chi connectivity index (χ2v) is 8.86. The maximum atomic E-state index is 13.5. The number of carbonyl (C=O) groups is 1. The van der Waals surface area contributed by atoms with E-state index in [0.717, 1.165) is 51.0 Å². The first kappa shape index (κ1) is 21.8. The van der Waals surface area contributed by atoms with Crippen molar-refractivity contribution in [3.05, 3.63) is 64.2 Å². The van der Waals surface area contributed by atoms with Gasteiger partial charge in [0.15, 0.2) is 11.6 Å². The summed E-state index contributed by atoms with van der Waals surface area (Å²) in [5.74, 6) is -2.84. The van der Waals surface area contributed by atoms with Gasteiger partial charge in [0.2, 0.25) is 15.9 Å². The minimum absolute atomic E-state index is 0.119. The van der Waals surface area contributed by atoms with E-state index in [-0.39, 0.29) is 11.7 Å². The third-order valence-electron chi connectivity index (χ3n) is 4.61. The van der Waals surface area contributed by atoms with Crippen molar-refractivity contribution in [1.82, 2.24) is 5.32 Å². The number of hydrogen-bond acceptors (Lipinski definition) is 3. The SMILES string of the molecule is Cc1cc(C)c(C(C)NC(=O)CN(c2ccc(F)c(F)c2)S(C)(=O)=O)cc1C. The van der Waals surface area contributed by atoms with Gasteiger partial charge in [-0.1, -0.05) is 12.1 Å². The molecule has 0 fully saturated rings. The number of rotatable bonds is 6. The number of halogens is 2. The highest BCUT2D eigenvalue weighted by Crippen LogP contribution is 2.23. The highest BCUT2D eigenvalue weighted by molar-refractivity contribution is 7.92. The Labute approximate surface area is 164 Å². The third-order valence-corrected chi connectivity index (χ3v) is 5.75. The van der Waals surface area contributed by atoms with E-state index >= 15 is 0 Å². The molecule has 0 aromatic heterocycles. The normalized spacial score (nSPS) is 12.5. The van der Waals surface area contributed by atoms with Gasteiger partial charge in [-0.15, -0.1) is 0 Å². The van der Waals surface area contributed by atoms with Crippen molar-refractivity contribution in [3.8, 4) is 0 Å². The molecule has 0 spiro atoms. The number of hydrogen-bond donors (Lipinski definition) is 1. The van der Waals surface area contributed by atoms with Crippen LogP contribution >= 0.6 is 0 Å². The molecule has 2 aromatic rings. The van der Waals surface area contributed by atoms with Crippen LogP contribution in [0.25, 0.3) is 0 Å². The molecule has 0 saturated heterocycles. The van der Waals surface area contributed by atoms with Crippen LogP contribution in [0, 0.1) is 32.4 Å². The Morgan fingerprint density at radius 2 is 1.64 bits per heavy atom. The van der Waals surface area contributed by atoms with E-state index in [1.807, 2.05) is 32.9 Å². The molecule has 0 radical (unpaired) electrons. The lowest BCUT2D eigenvalue weighted by Gasteiger charge is -2.24. The lowest BCUT2D eigenvalue weighted by Crippen LogP contribution is -2.41. The Hall–Kier alpha value is -2.48. The number of benzene rings is 2. The number of nitrogens with one attached hydrogen (secondary N) is 1. The predicted octanol–water partition coefficient (Wildman–Crippen LogP) is 3.53. The van der Waals surface area contributed by atoms with Gasteiger partial charge in [0.05, 0.1) is 18.0 Å². The zero-order valence-electron chi connectivity index (χ0n) is 16.5. The Bertz CT molecular complexity index is 1010. The molecule has 0 heterocycles. The second kappa shape index (κ2) is 8.26. The molecule has 1 unspecified atom stereocenters. The molecule has 8 heteroatoms. The van der Waals surface area contributed by atoms with Gasteiger partial charge < -0.3 is 5.32 Å². The van der Waals surface area contributed by atoms with E-state index in [0.29, 0.717) is 0 Å². The van der Waals surface area contributed by atoms with Crippen LogP contribution in [0.1, 0.15) is 35.2 Å². The highest BCUT2D eigenvalue weighted by Gasteiger charge is 2.23. The van der Waals surface area contributed by atoms with Gasteiger partial charge in [0.1, 0.15) is 6.54 Å². The second-order valence-electron chi connectivity index (χ2n) is 6.95. The van der Waals surface area contributed by atoms with Crippen LogP contribution in [0.3, 0.4) is 0 Å². The van der Waals surface area contributed by atoms with Crippen molar-refractivity contribution in [2.75, 3.05) is 17.1 Å². The predicted molar refractivity (Wildman–Crippen MR) is 106 cm³/mol. The molecule has 5 nitrogen and oxygen atoms in total. The Morgan fingerprint density at radius 1 is 1.04 bits per heavy atom. The summed E-state index contributed by atoms with van der Waals surface area (Å²) >= 11 is 0. The first-order valence-electron chi connectivity index (χ1n) is 8.70. The van der Waals surface area contributed by atoms with E-state index in [1.54, 1.807) is 6.92 Å². The van der Waals surface area contributed by atoms with Gasteiger partial charge in [0.25, 0.3) is 0 Å². The molecule has 28 heavy (non-hydrogen) atoms. The molecule has 1 amide bonds. The van der Waals surface area contributed by atoms with Crippen molar-refractivity contribution < 1.29 is 22.0 Å². The summed E-state index contributed by atoms with van der Waals surface area (Å²) in [5.41, 5.74) is 4.04. The van der Waals surface area contributed by atoms with E-state index in [2.05, 4.69) is 5.32 Å². The fraction of sp³-hybridized carbons (Fsp3) is 0.350. The average molecular weight is 410 g/mol. The zero-order valence-corrected chi connectivity index (χ0v) is 17.3. The fourth-order valence-corrected chi connectivity index (χ4v) is 3.83. The number of nitrogens with zero attached hydrogens (tertiary/aromatic N) is 1. The molecule has 0 bridgehead atoms. The number of anilines is 1. The minimum Gasteiger partial charge on any atom is -0.348 e. The third kappa shape index (κ3) is 5.07. The van der Waals surface area contributed by atoms with Gasteiger partial charge >= 0.3 is 0 Å². The Kier molecular flexibility index (Phi) is 6.44. The van der Waals surface area contributed by atoms with Crippen LogP contribution in [-0.2, 0) is 14.8 Å². The van der Waals surface area contributed by atoms with Crippen molar-refractivity contribution >= 4 is 21.6 Å². The zero-order chi connectivity index (χ0) is 21.2. The maximum Gasteiger partial charge on any atom is 0.241 e. The van der Waals surface area contributed by atoms with E-state index in [9.17, 15) is 22.0 Å². The number of sulfonamides is 1. The summed E-state index contributed by atoms with van der Waals surface area (Å²) in [5, 5.41) is 2.77. The average Bonchev–Trinajstić information content (AvgIpc) is 2.57. The number of carbonyl (C=O) groups excluding carboxylic acids is 1. The first-order chi connectivity index (χ1) is 12.9. The molecular formula is C20H24F2N2O3S. The smallest absolute Gasteiger partial charge is 0.241 e. The van der Waals surface area contributed by atoms with Gasteiger partial charge in [-0.05, 0) is 62.1 Å². The van der Waals surface area contributed by atoms with Crippen molar-refractivity contribution in [1.29, 1.82) is 0 Å². The number of aryl methyl sites for hydroxylation is 3. The van der Waals surface area contributed by atoms with E-state index < -0.39 is 34.1 Å². The summed E-state index contributed by atoms with van der Waals surface area (Å²) in [6.07, 6.45) is 0.901. The molecule has 1 atom stereocenters. The maximum absolute atomic E-state index is 13.5. The summed E-state index contributed by atoms with van der Waals surface area (Å²) in [6.45, 7) is 7.17. The Balaban J connectivity index is 2.22. The van der Waals surface area contributed by atoms with Crippen LogP contribution in [0.4, 0.5) is 14.5 Å². The van der Waals surface area contributed by atoms with Crippen LogP contribution in [0.5, 0.6) is 0 Å². The van der Waals surface area contributed by atoms with Crippen LogP contribution in [0.2, 0.25) is 0 Å². The van der Waals surface area contributed by atoms with Crippen LogP contribution in [0.15, 0.2) is 30.3 Å². The largest absolute Gasteiger partial charge is 0.348 e. The van der Waals surface area contributed by atoms with E-state index in [4.69, 9.17) is 0 Å². The monoisotopic (exact) mass is 410 g/mol. The molecule has 2 rings (SSSR count). The summed E-state index contributed by atoms with van der Waals surface area (Å²) < 4.78 is 51.6. The fourth-order valence-electron chi connectivity index (χ4n) is 2.98. The minimum atomic E-state index is -3.88. The van der Waals surface area contributed by atoms with Gasteiger partial charge in [-0.2, -0.15) is 0 Å². The molecule has 0 aliphatic heterocycles. The molecule has 0 saturated carbocycles. The molecule has 0 aliphatic carbocycles. The summed E-state index contributed by atoms with van der Waals surface area (Å²) in [4.78, 5) is 12.5. The van der Waals surface area contributed by atoms with Crippen molar-refractivity contribution in [2.45, 2.75) is 33.7 Å². The molecule has 0 aliphatic rings. The van der Waals surface area contributed by atoms with Gasteiger partial charge in [-0.3, -0.25) is 9.10 Å². The van der Waals surface area contributed by atoms with Crippen LogP contribution < -0.4 is 9.62 Å². The topological polar surface area (TPSA) is 66.5 Å². The lowest BCUT2D eigenvalue weighted by molar-refractivity contribution is -0.120. The summed E-state index contributed by atoms with van der Waals surface area (Å²) in [6, 6.07) is 6.35. The summed E-state index contributed by atoms with van der Waals surface area (Å²) in [7, 11) is -3.88. The van der Waals surface area contributed by atoms with Crippen molar-refractivity contribution in [3.63, 3.8) is 0 Å². The van der Waals surface area contributed by atoms with Gasteiger partial charge in [0, 0.05) is 6.07 Å². The Morgan fingerprint density at radius 3 is 2.21 bits per heavy atom.